The van der Waals surface area contributed by atoms with Gasteiger partial charge in [0.25, 0.3) is 0 Å². The summed E-state index contributed by atoms with van der Waals surface area (Å²) in [4.78, 5) is 26.5. The third-order valence-corrected chi connectivity index (χ3v) is 5.81. The van der Waals surface area contributed by atoms with Crippen molar-refractivity contribution in [1.29, 1.82) is 0 Å². The molecule has 138 valence electrons. The number of likely N-dealkylation sites (tertiary alicyclic amines) is 1. The van der Waals surface area contributed by atoms with Crippen molar-refractivity contribution in [2.75, 3.05) is 18.4 Å². The largest absolute Gasteiger partial charge is 0.478 e. The van der Waals surface area contributed by atoms with Gasteiger partial charge in [-0.25, -0.2) is 4.79 Å². The van der Waals surface area contributed by atoms with E-state index in [-0.39, 0.29) is 11.5 Å². The molecule has 2 heterocycles. The molecular formula is C20H24N2O3S. The maximum absolute atomic E-state index is 12.5. The first kappa shape index (κ1) is 18.6. The lowest BCUT2D eigenvalue weighted by Gasteiger charge is -2.34. The number of aromatic carboxylic acids is 1. The number of carbonyl (C=O) groups is 2. The van der Waals surface area contributed by atoms with Crippen LogP contribution in [-0.4, -0.2) is 41.0 Å². The van der Waals surface area contributed by atoms with Gasteiger partial charge >= 0.3 is 5.97 Å². The molecule has 1 unspecified atom stereocenters. The molecule has 0 bridgehead atoms. The lowest BCUT2D eigenvalue weighted by atomic mass is 10.00. The van der Waals surface area contributed by atoms with Crippen LogP contribution in [0.3, 0.4) is 0 Å². The minimum atomic E-state index is -1.02. The Morgan fingerprint density at radius 2 is 2.04 bits per heavy atom. The Hall–Kier alpha value is -2.18. The van der Waals surface area contributed by atoms with Crippen LogP contribution >= 0.6 is 11.3 Å². The molecule has 1 atom stereocenters. The molecule has 2 N–H and O–H groups in total. The van der Waals surface area contributed by atoms with Crippen LogP contribution < -0.4 is 5.32 Å². The molecule has 3 rings (SSSR count). The number of rotatable bonds is 6. The van der Waals surface area contributed by atoms with Crippen molar-refractivity contribution in [2.24, 2.45) is 0 Å². The van der Waals surface area contributed by atoms with Gasteiger partial charge in [-0.2, -0.15) is 0 Å². The number of thiophene rings is 1. The Morgan fingerprint density at radius 3 is 2.73 bits per heavy atom. The van der Waals surface area contributed by atoms with Gasteiger partial charge in [-0.1, -0.05) is 43.7 Å². The summed E-state index contributed by atoms with van der Waals surface area (Å²) in [5.41, 5.74) is 1.65. The SMILES string of the molecule is CCC1CCCCN1CC(=O)Nc1scc(-c2ccccc2)c1C(=O)O. The van der Waals surface area contributed by atoms with Crippen molar-refractivity contribution in [1.82, 2.24) is 4.90 Å². The summed E-state index contributed by atoms with van der Waals surface area (Å²) in [7, 11) is 0. The van der Waals surface area contributed by atoms with Crippen LogP contribution in [0.4, 0.5) is 5.00 Å². The van der Waals surface area contributed by atoms with Gasteiger partial charge in [0.1, 0.15) is 10.6 Å². The number of nitrogens with zero attached hydrogens (tertiary/aromatic N) is 1. The molecule has 0 saturated carbocycles. The van der Waals surface area contributed by atoms with E-state index in [4.69, 9.17) is 0 Å². The number of piperidine rings is 1. The molecule has 0 aliphatic carbocycles. The number of carboxylic acid groups (broad SMARTS) is 1. The second kappa shape index (κ2) is 8.47. The number of amides is 1. The first-order chi connectivity index (χ1) is 12.6. The second-order valence-corrected chi connectivity index (χ2v) is 7.48. The number of nitrogens with one attached hydrogen (secondary N) is 1. The number of carboxylic acids is 1. The van der Waals surface area contributed by atoms with Crippen molar-refractivity contribution in [3.63, 3.8) is 0 Å². The van der Waals surface area contributed by atoms with Crippen LogP contribution in [0.15, 0.2) is 35.7 Å². The third kappa shape index (κ3) is 4.14. The van der Waals surface area contributed by atoms with E-state index in [1.165, 1.54) is 17.8 Å². The van der Waals surface area contributed by atoms with Gasteiger partial charge in [-0.3, -0.25) is 9.69 Å². The molecule has 0 radical (unpaired) electrons. The van der Waals surface area contributed by atoms with Crippen LogP contribution in [0.5, 0.6) is 0 Å². The highest BCUT2D eigenvalue weighted by Crippen LogP contribution is 2.35. The first-order valence-electron chi connectivity index (χ1n) is 9.04. The van der Waals surface area contributed by atoms with Crippen molar-refractivity contribution in [3.05, 3.63) is 41.3 Å². The number of benzene rings is 1. The summed E-state index contributed by atoms with van der Waals surface area (Å²) in [6.07, 6.45) is 4.48. The Kier molecular flexibility index (Phi) is 6.06. The quantitative estimate of drug-likeness (QED) is 0.792. The van der Waals surface area contributed by atoms with Gasteiger partial charge in [-0.15, -0.1) is 11.3 Å². The van der Waals surface area contributed by atoms with Crippen LogP contribution in [0.1, 0.15) is 43.0 Å². The molecule has 1 amide bonds. The molecule has 1 aromatic carbocycles. The fourth-order valence-electron chi connectivity index (χ4n) is 3.57. The maximum atomic E-state index is 12.5. The van der Waals surface area contributed by atoms with E-state index in [1.54, 1.807) is 5.38 Å². The highest BCUT2D eigenvalue weighted by atomic mass is 32.1. The van der Waals surface area contributed by atoms with Crippen LogP contribution in [0, 0.1) is 0 Å². The van der Waals surface area contributed by atoms with E-state index in [9.17, 15) is 14.7 Å². The van der Waals surface area contributed by atoms with E-state index in [2.05, 4.69) is 17.1 Å². The molecule has 5 nitrogen and oxygen atoms in total. The molecule has 1 aromatic heterocycles. The maximum Gasteiger partial charge on any atom is 0.339 e. The van der Waals surface area contributed by atoms with Gasteiger partial charge in [-0.05, 0) is 31.4 Å². The Bertz CT molecular complexity index is 773. The van der Waals surface area contributed by atoms with E-state index >= 15 is 0 Å². The predicted octanol–water partition coefficient (Wildman–Crippen LogP) is 4.32. The lowest BCUT2D eigenvalue weighted by molar-refractivity contribution is -0.118. The van der Waals surface area contributed by atoms with Crippen LogP contribution in [0.2, 0.25) is 0 Å². The zero-order valence-electron chi connectivity index (χ0n) is 14.9. The predicted molar refractivity (Wildman–Crippen MR) is 105 cm³/mol. The zero-order valence-corrected chi connectivity index (χ0v) is 15.7. The minimum absolute atomic E-state index is 0.144. The summed E-state index contributed by atoms with van der Waals surface area (Å²) in [6, 6.07) is 9.83. The average molecular weight is 372 g/mol. The van der Waals surface area contributed by atoms with Gasteiger partial charge < -0.3 is 10.4 Å². The van der Waals surface area contributed by atoms with E-state index < -0.39 is 5.97 Å². The topological polar surface area (TPSA) is 69.6 Å². The number of hydrogen-bond acceptors (Lipinski definition) is 4. The highest BCUT2D eigenvalue weighted by molar-refractivity contribution is 7.15. The fraction of sp³-hybridized carbons (Fsp3) is 0.400. The first-order valence-corrected chi connectivity index (χ1v) is 9.92. The summed E-state index contributed by atoms with van der Waals surface area (Å²) in [5, 5.41) is 14.7. The number of carbonyl (C=O) groups excluding carboxylic acids is 1. The molecule has 2 aromatic rings. The van der Waals surface area contributed by atoms with Crippen molar-refractivity contribution >= 4 is 28.2 Å². The fourth-order valence-corrected chi connectivity index (χ4v) is 4.55. The van der Waals surface area contributed by atoms with Crippen LogP contribution in [-0.2, 0) is 4.79 Å². The van der Waals surface area contributed by atoms with E-state index in [0.717, 1.165) is 31.4 Å². The molecule has 1 saturated heterocycles. The lowest BCUT2D eigenvalue weighted by Crippen LogP contribution is -2.43. The Balaban J connectivity index is 1.76. The number of hydrogen-bond donors (Lipinski definition) is 2. The molecule has 26 heavy (non-hydrogen) atoms. The van der Waals surface area contributed by atoms with E-state index in [0.29, 0.717) is 23.2 Å². The summed E-state index contributed by atoms with van der Waals surface area (Å²) in [6.45, 7) is 3.39. The normalized spacial score (nSPS) is 17.8. The Labute approximate surface area is 157 Å². The molecule has 1 aliphatic heterocycles. The highest BCUT2D eigenvalue weighted by Gasteiger charge is 2.25. The molecule has 1 fully saturated rings. The summed E-state index contributed by atoms with van der Waals surface area (Å²) >= 11 is 1.26. The smallest absolute Gasteiger partial charge is 0.339 e. The zero-order chi connectivity index (χ0) is 18.5. The molecular weight excluding hydrogens is 348 g/mol. The van der Waals surface area contributed by atoms with Gasteiger partial charge in [0.05, 0.1) is 6.54 Å². The average Bonchev–Trinajstić information content (AvgIpc) is 3.06. The Morgan fingerprint density at radius 1 is 1.27 bits per heavy atom. The van der Waals surface area contributed by atoms with Crippen molar-refractivity contribution in [3.8, 4) is 11.1 Å². The number of anilines is 1. The summed E-state index contributed by atoms with van der Waals surface area (Å²) in [5.74, 6) is -1.17. The molecule has 0 spiro atoms. The minimum Gasteiger partial charge on any atom is -0.478 e. The second-order valence-electron chi connectivity index (χ2n) is 6.60. The monoisotopic (exact) mass is 372 g/mol. The third-order valence-electron chi connectivity index (χ3n) is 4.91. The van der Waals surface area contributed by atoms with Crippen molar-refractivity contribution < 1.29 is 14.7 Å². The standard InChI is InChI=1S/C20H24N2O3S/c1-2-15-10-6-7-11-22(15)12-17(23)21-19-18(20(24)25)16(13-26-19)14-8-4-3-5-9-14/h3-5,8-9,13,15H,2,6-7,10-12H2,1H3,(H,21,23)(H,24,25). The molecule has 1 aliphatic rings. The van der Waals surface area contributed by atoms with Gasteiger partial charge in [0.15, 0.2) is 0 Å². The van der Waals surface area contributed by atoms with Crippen LogP contribution in [0.25, 0.3) is 11.1 Å². The van der Waals surface area contributed by atoms with Gasteiger partial charge in [0, 0.05) is 17.0 Å². The van der Waals surface area contributed by atoms with Crippen molar-refractivity contribution in [2.45, 2.75) is 38.6 Å². The summed E-state index contributed by atoms with van der Waals surface area (Å²) < 4.78 is 0. The van der Waals surface area contributed by atoms with E-state index in [1.807, 2.05) is 30.3 Å². The molecule has 6 heteroatoms. The van der Waals surface area contributed by atoms with Gasteiger partial charge in [0.2, 0.25) is 5.91 Å².